The van der Waals surface area contributed by atoms with E-state index in [1.54, 1.807) is 0 Å². The van der Waals surface area contributed by atoms with Crippen LogP contribution in [0, 0.1) is 0 Å². The van der Waals surface area contributed by atoms with Gasteiger partial charge in [-0.3, -0.25) is 0 Å². The number of likely N-dealkylation sites (N-methyl/N-ethyl adjacent to an activating group) is 1. The predicted molar refractivity (Wildman–Crippen MR) is 88.7 cm³/mol. The Morgan fingerprint density at radius 1 is 1.19 bits per heavy atom. The van der Waals surface area contributed by atoms with Gasteiger partial charge >= 0.3 is 6.03 Å². The first-order chi connectivity index (χ1) is 9.92. The topological polar surface area (TPSA) is 56.4 Å². The minimum atomic E-state index is -0.170. The zero-order valence-electron chi connectivity index (χ0n) is 13.7. The van der Waals surface area contributed by atoms with Gasteiger partial charge in [0.1, 0.15) is 0 Å². The summed E-state index contributed by atoms with van der Waals surface area (Å²) in [5, 5.41) is 9.13. The molecule has 0 saturated carbocycles. The van der Waals surface area contributed by atoms with E-state index in [-0.39, 0.29) is 12.1 Å². The molecule has 0 bridgehead atoms. The zero-order valence-corrected chi connectivity index (χ0v) is 13.7. The van der Waals surface area contributed by atoms with Gasteiger partial charge in [-0.25, -0.2) is 4.79 Å². The summed E-state index contributed by atoms with van der Waals surface area (Å²) in [6, 6.07) is 8.18. The van der Waals surface area contributed by atoms with E-state index in [0.29, 0.717) is 6.04 Å². The molecule has 0 saturated heterocycles. The lowest BCUT2D eigenvalue weighted by Gasteiger charge is -2.19. The number of anilines is 1. The molecule has 0 heterocycles. The highest BCUT2D eigenvalue weighted by molar-refractivity contribution is 5.89. The van der Waals surface area contributed by atoms with Gasteiger partial charge in [-0.15, -0.1) is 0 Å². The summed E-state index contributed by atoms with van der Waals surface area (Å²) in [6.07, 6.45) is 0. The molecule has 5 nitrogen and oxygen atoms in total. The van der Waals surface area contributed by atoms with Crippen LogP contribution in [-0.4, -0.2) is 44.2 Å². The third-order valence-electron chi connectivity index (χ3n) is 3.20. The maximum atomic E-state index is 11.9. The fourth-order valence-corrected chi connectivity index (χ4v) is 2.26. The van der Waals surface area contributed by atoms with Crippen LogP contribution in [0.2, 0.25) is 0 Å². The number of hydrogen-bond acceptors (Lipinski definition) is 3. The van der Waals surface area contributed by atoms with Crippen LogP contribution < -0.4 is 16.0 Å². The number of rotatable bonds is 7. The second-order valence-corrected chi connectivity index (χ2v) is 5.66. The summed E-state index contributed by atoms with van der Waals surface area (Å²) in [4.78, 5) is 13.9. The molecule has 1 rings (SSSR count). The van der Waals surface area contributed by atoms with Crippen LogP contribution in [0.1, 0.15) is 32.4 Å². The summed E-state index contributed by atoms with van der Waals surface area (Å²) >= 11 is 0. The molecule has 2 unspecified atom stereocenters. The van der Waals surface area contributed by atoms with Crippen LogP contribution in [0.15, 0.2) is 24.3 Å². The van der Waals surface area contributed by atoms with E-state index in [1.807, 2.05) is 50.2 Å². The lowest BCUT2D eigenvalue weighted by atomic mass is 10.1. The van der Waals surface area contributed by atoms with Crippen LogP contribution in [0.4, 0.5) is 10.5 Å². The predicted octanol–water partition coefficient (Wildman–Crippen LogP) is 2.43. The van der Waals surface area contributed by atoms with Crippen LogP contribution in [0.3, 0.4) is 0 Å². The van der Waals surface area contributed by atoms with Gasteiger partial charge in [0, 0.05) is 24.3 Å². The van der Waals surface area contributed by atoms with Crippen molar-refractivity contribution in [3.63, 3.8) is 0 Å². The zero-order chi connectivity index (χ0) is 15.8. The standard InChI is InChI=1S/C16H28N4O/c1-6-17-13(3)14-7-9-15(10-8-14)19-16(21)18-12(2)11-20(4)5/h7-10,12-13,17H,6,11H2,1-5H3,(H2,18,19,21). The SMILES string of the molecule is CCNC(C)c1ccc(NC(=O)NC(C)CN(C)C)cc1. The Morgan fingerprint density at radius 3 is 2.33 bits per heavy atom. The molecule has 0 fully saturated rings. The molecule has 0 spiro atoms. The van der Waals surface area contributed by atoms with Gasteiger partial charge in [-0.05, 0) is 52.2 Å². The number of carbonyl (C=O) groups is 1. The van der Waals surface area contributed by atoms with Crippen molar-refractivity contribution in [3.05, 3.63) is 29.8 Å². The Balaban J connectivity index is 2.49. The monoisotopic (exact) mass is 292 g/mol. The Kier molecular flexibility index (Phi) is 7.19. The number of urea groups is 1. The van der Waals surface area contributed by atoms with E-state index < -0.39 is 0 Å². The Bertz CT molecular complexity index is 430. The number of carbonyl (C=O) groups excluding carboxylic acids is 1. The summed E-state index contributed by atoms with van der Waals surface area (Å²) < 4.78 is 0. The highest BCUT2D eigenvalue weighted by Gasteiger charge is 2.09. The van der Waals surface area contributed by atoms with Crippen LogP contribution >= 0.6 is 0 Å². The molecule has 2 atom stereocenters. The third kappa shape index (κ3) is 6.60. The molecule has 3 N–H and O–H groups in total. The van der Waals surface area contributed by atoms with E-state index in [4.69, 9.17) is 0 Å². The molecule has 0 aliphatic heterocycles. The maximum Gasteiger partial charge on any atom is 0.319 e. The number of benzene rings is 1. The average molecular weight is 292 g/mol. The van der Waals surface area contributed by atoms with Crippen LogP contribution in [-0.2, 0) is 0 Å². The summed E-state index contributed by atoms with van der Waals surface area (Å²) in [6.45, 7) is 7.95. The largest absolute Gasteiger partial charge is 0.334 e. The van der Waals surface area contributed by atoms with Gasteiger partial charge in [0.15, 0.2) is 0 Å². The van der Waals surface area contributed by atoms with E-state index >= 15 is 0 Å². The van der Waals surface area contributed by atoms with Gasteiger partial charge in [-0.2, -0.15) is 0 Å². The van der Waals surface area contributed by atoms with Gasteiger partial charge in [0.25, 0.3) is 0 Å². The first-order valence-electron chi connectivity index (χ1n) is 7.48. The van der Waals surface area contributed by atoms with E-state index in [9.17, 15) is 4.79 Å². The smallest absolute Gasteiger partial charge is 0.319 e. The van der Waals surface area contributed by atoms with Crippen molar-refractivity contribution in [1.29, 1.82) is 0 Å². The molecule has 0 aliphatic rings. The number of amides is 2. The molecule has 118 valence electrons. The van der Waals surface area contributed by atoms with Gasteiger partial charge in [0.05, 0.1) is 0 Å². The van der Waals surface area contributed by atoms with Gasteiger partial charge in [-0.1, -0.05) is 19.1 Å². The fraction of sp³-hybridized carbons (Fsp3) is 0.562. The van der Waals surface area contributed by atoms with E-state index in [2.05, 4.69) is 29.8 Å². The lowest BCUT2D eigenvalue weighted by molar-refractivity contribution is 0.245. The quantitative estimate of drug-likeness (QED) is 0.723. The van der Waals surface area contributed by atoms with Gasteiger partial charge in [0.2, 0.25) is 0 Å². The van der Waals surface area contributed by atoms with Crippen molar-refractivity contribution < 1.29 is 4.79 Å². The summed E-state index contributed by atoms with van der Waals surface area (Å²) in [5.41, 5.74) is 2.01. The molecule has 5 heteroatoms. The minimum Gasteiger partial charge on any atom is -0.334 e. The molecule has 0 radical (unpaired) electrons. The van der Waals surface area contributed by atoms with E-state index in [1.165, 1.54) is 5.56 Å². The highest BCUT2D eigenvalue weighted by atomic mass is 16.2. The summed E-state index contributed by atoms with van der Waals surface area (Å²) in [7, 11) is 3.97. The van der Waals surface area contributed by atoms with E-state index in [0.717, 1.165) is 18.8 Å². The average Bonchev–Trinajstić information content (AvgIpc) is 2.38. The van der Waals surface area contributed by atoms with Crippen LogP contribution in [0.5, 0.6) is 0 Å². The minimum absolute atomic E-state index is 0.105. The van der Waals surface area contributed by atoms with Crippen molar-refractivity contribution in [2.24, 2.45) is 0 Å². The molecular weight excluding hydrogens is 264 g/mol. The molecular formula is C16H28N4O. The fourth-order valence-electron chi connectivity index (χ4n) is 2.26. The molecule has 1 aromatic rings. The molecule has 21 heavy (non-hydrogen) atoms. The molecule has 0 aromatic heterocycles. The molecule has 2 amide bonds. The summed E-state index contributed by atoms with van der Waals surface area (Å²) in [5.74, 6) is 0. The third-order valence-corrected chi connectivity index (χ3v) is 3.20. The maximum absolute atomic E-state index is 11.9. The number of nitrogens with zero attached hydrogens (tertiary/aromatic N) is 1. The second-order valence-electron chi connectivity index (χ2n) is 5.66. The Labute approximate surface area is 128 Å². The molecule has 0 aliphatic carbocycles. The molecule has 1 aromatic carbocycles. The van der Waals surface area contributed by atoms with Gasteiger partial charge < -0.3 is 20.9 Å². The first-order valence-corrected chi connectivity index (χ1v) is 7.48. The number of nitrogens with one attached hydrogen (secondary N) is 3. The normalized spacial score (nSPS) is 13.8. The van der Waals surface area contributed by atoms with Crippen molar-refractivity contribution in [1.82, 2.24) is 15.5 Å². The van der Waals surface area contributed by atoms with Crippen molar-refractivity contribution in [3.8, 4) is 0 Å². The van der Waals surface area contributed by atoms with Crippen molar-refractivity contribution >= 4 is 11.7 Å². The Morgan fingerprint density at radius 2 is 1.81 bits per heavy atom. The Hall–Kier alpha value is -1.59. The highest BCUT2D eigenvalue weighted by Crippen LogP contribution is 2.15. The second kappa shape index (κ2) is 8.64. The number of hydrogen-bond donors (Lipinski definition) is 3. The van der Waals surface area contributed by atoms with Crippen molar-refractivity contribution in [2.45, 2.75) is 32.9 Å². The van der Waals surface area contributed by atoms with Crippen molar-refractivity contribution in [2.75, 3.05) is 32.5 Å². The van der Waals surface area contributed by atoms with Crippen LogP contribution in [0.25, 0.3) is 0 Å². The lowest BCUT2D eigenvalue weighted by Crippen LogP contribution is -2.41. The first kappa shape index (κ1) is 17.5.